The van der Waals surface area contributed by atoms with Crippen molar-refractivity contribution in [2.45, 2.75) is 90.9 Å². The number of amides is 2. The number of ether oxygens (including phenoxy) is 1. The molecule has 0 spiro atoms. The fourth-order valence-electron chi connectivity index (χ4n) is 5.37. The van der Waals surface area contributed by atoms with Crippen LogP contribution in [-0.2, 0) is 50.7 Å². The first-order chi connectivity index (χ1) is 26.8. The molecule has 0 bridgehead atoms. The van der Waals surface area contributed by atoms with Crippen molar-refractivity contribution in [3.8, 4) is 0 Å². The molecule has 10 N–H and O–H groups in total. The van der Waals surface area contributed by atoms with Crippen LogP contribution in [0.15, 0.2) is 12.7 Å². The molecule has 0 aromatic carbocycles. The van der Waals surface area contributed by atoms with Gasteiger partial charge in [-0.3, -0.25) is 32.5 Å². The number of anilines is 1. The minimum atomic E-state index is -5.57. The van der Waals surface area contributed by atoms with Gasteiger partial charge in [0.15, 0.2) is 22.8 Å². The molecule has 1 saturated heterocycles. The van der Waals surface area contributed by atoms with Gasteiger partial charge in [0, 0.05) is 36.6 Å². The highest BCUT2D eigenvalue weighted by atomic mass is 32.2. The third-order valence-corrected chi connectivity index (χ3v) is 12.8. The van der Waals surface area contributed by atoms with Crippen molar-refractivity contribution in [3.05, 3.63) is 12.7 Å². The first-order valence-corrected chi connectivity index (χ1v) is 23.4. The number of nitrogen functional groups attached to an aromatic ring is 1. The normalized spacial score (nSPS) is 22.0. The number of aliphatic hydroxyl groups excluding tert-OH is 2. The average Bonchev–Trinajstić information content (AvgIpc) is 3.67. The topological polar surface area (TPSA) is 364 Å². The SMILES string of the molecule is CC(C)CCC[C@H](C)C(=O)SCCNC(=O)CCNC(=O)C(O)C(C)(C)COP(=O)(O)OP(=O)(O)OC[C@H]1O[C@@H](n2cnc3c(N)ncnc32)[C@@H](O)[C@H]1OP(=O)(O)O. The molecule has 28 heteroatoms. The molecule has 1 fully saturated rings. The average molecular weight is 908 g/mol. The molecule has 58 heavy (non-hydrogen) atoms. The molecule has 2 aromatic rings. The summed E-state index contributed by atoms with van der Waals surface area (Å²) in [5.74, 6) is -0.572. The van der Waals surface area contributed by atoms with E-state index < -0.39 is 84.6 Å². The maximum absolute atomic E-state index is 12.7. The molecule has 0 radical (unpaired) electrons. The number of nitrogens with zero attached hydrogens (tertiary/aromatic N) is 4. The van der Waals surface area contributed by atoms with E-state index in [0.717, 1.165) is 48.2 Å². The highest BCUT2D eigenvalue weighted by Crippen LogP contribution is 2.61. The van der Waals surface area contributed by atoms with Gasteiger partial charge < -0.3 is 50.9 Å². The van der Waals surface area contributed by atoms with Crippen molar-refractivity contribution in [1.29, 1.82) is 0 Å². The second kappa shape index (κ2) is 21.4. The molecule has 2 amide bonds. The minimum absolute atomic E-state index is 0.0319. The highest BCUT2D eigenvalue weighted by molar-refractivity contribution is 8.13. The number of carbonyl (C=O) groups excluding carboxylic acids is 3. The highest BCUT2D eigenvalue weighted by Gasteiger charge is 2.50. The summed E-state index contributed by atoms with van der Waals surface area (Å²) in [6.45, 7) is 6.67. The number of nitrogens with one attached hydrogen (secondary N) is 2. The zero-order valence-electron chi connectivity index (χ0n) is 32.4. The van der Waals surface area contributed by atoms with Crippen LogP contribution in [0.25, 0.3) is 11.2 Å². The molecule has 0 aliphatic carbocycles. The Labute approximate surface area is 337 Å². The van der Waals surface area contributed by atoms with E-state index in [1.165, 1.54) is 13.8 Å². The van der Waals surface area contributed by atoms with Crippen molar-refractivity contribution in [1.82, 2.24) is 30.2 Å². The fourth-order valence-corrected chi connectivity index (χ4v) is 9.01. The Balaban J connectivity index is 1.46. The van der Waals surface area contributed by atoms with Crippen LogP contribution in [0, 0.1) is 17.3 Å². The lowest BCUT2D eigenvalue weighted by atomic mass is 9.87. The van der Waals surface area contributed by atoms with Gasteiger partial charge in [-0.05, 0) is 12.3 Å². The number of thioether (sulfide) groups is 1. The summed E-state index contributed by atoms with van der Waals surface area (Å²) in [5.41, 5.74) is 4.27. The summed E-state index contributed by atoms with van der Waals surface area (Å²) in [6, 6.07) is 0. The van der Waals surface area contributed by atoms with Crippen molar-refractivity contribution in [2.24, 2.45) is 17.3 Å². The first-order valence-electron chi connectivity index (χ1n) is 17.9. The second-order valence-electron chi connectivity index (χ2n) is 14.5. The van der Waals surface area contributed by atoms with Crippen molar-refractivity contribution in [3.63, 3.8) is 0 Å². The summed E-state index contributed by atoms with van der Waals surface area (Å²) in [7, 11) is -16.4. The number of phosphoric ester groups is 3. The van der Waals surface area contributed by atoms with E-state index in [2.05, 4.69) is 48.3 Å². The molecule has 330 valence electrons. The zero-order chi connectivity index (χ0) is 43.6. The van der Waals surface area contributed by atoms with E-state index in [9.17, 15) is 57.9 Å². The number of phosphoric acid groups is 3. The number of nitrogens with two attached hydrogens (primary N) is 1. The lowest BCUT2D eigenvalue weighted by Crippen LogP contribution is -2.46. The fraction of sp³-hybridized carbons (Fsp3) is 0.733. The Morgan fingerprint density at radius 1 is 1.02 bits per heavy atom. The van der Waals surface area contributed by atoms with Crippen molar-refractivity contribution in [2.75, 3.05) is 37.8 Å². The van der Waals surface area contributed by atoms with E-state index >= 15 is 0 Å². The van der Waals surface area contributed by atoms with Crippen LogP contribution in [0.4, 0.5) is 5.82 Å². The third kappa shape index (κ3) is 15.5. The monoisotopic (exact) mass is 907 g/mol. The van der Waals surface area contributed by atoms with Gasteiger partial charge in [0.05, 0.1) is 19.5 Å². The van der Waals surface area contributed by atoms with Gasteiger partial charge in [-0.15, -0.1) is 0 Å². The summed E-state index contributed by atoms with van der Waals surface area (Å²) >= 11 is 1.14. The second-order valence-corrected chi connectivity index (χ2v) is 19.8. The van der Waals surface area contributed by atoms with Crippen LogP contribution in [0.1, 0.15) is 66.5 Å². The predicted octanol–water partition coefficient (Wildman–Crippen LogP) is 1.13. The number of rotatable bonds is 24. The Morgan fingerprint density at radius 3 is 2.34 bits per heavy atom. The predicted molar refractivity (Wildman–Crippen MR) is 205 cm³/mol. The Morgan fingerprint density at radius 2 is 1.69 bits per heavy atom. The molecule has 1 aliphatic heterocycles. The number of carbonyl (C=O) groups is 3. The lowest BCUT2D eigenvalue weighted by molar-refractivity contribution is -0.137. The summed E-state index contributed by atoms with van der Waals surface area (Å²) in [6.07, 6.45) is -4.08. The van der Waals surface area contributed by atoms with Crippen LogP contribution in [0.3, 0.4) is 0 Å². The molecule has 3 unspecified atom stereocenters. The van der Waals surface area contributed by atoms with Crippen molar-refractivity contribution >= 4 is 69.1 Å². The maximum atomic E-state index is 12.7. The zero-order valence-corrected chi connectivity index (χ0v) is 35.8. The molecule has 2 aromatic heterocycles. The van der Waals surface area contributed by atoms with E-state index in [-0.39, 0.29) is 47.5 Å². The van der Waals surface area contributed by atoms with E-state index in [1.807, 2.05) is 6.92 Å². The molecular weight excluding hydrogens is 855 g/mol. The van der Waals surface area contributed by atoms with Gasteiger partial charge in [0.2, 0.25) is 11.8 Å². The lowest BCUT2D eigenvalue weighted by Gasteiger charge is -2.30. The van der Waals surface area contributed by atoms with Gasteiger partial charge in [0.25, 0.3) is 0 Å². The quantitative estimate of drug-likeness (QED) is 0.0526. The summed E-state index contributed by atoms with van der Waals surface area (Å²) in [5, 5.41) is 26.5. The van der Waals surface area contributed by atoms with Crippen LogP contribution in [0.2, 0.25) is 0 Å². The van der Waals surface area contributed by atoms with E-state index in [4.69, 9.17) is 19.5 Å². The van der Waals surface area contributed by atoms with Gasteiger partial charge >= 0.3 is 23.5 Å². The van der Waals surface area contributed by atoms with Crippen molar-refractivity contribution < 1.29 is 80.5 Å². The Bertz CT molecular complexity index is 1870. The van der Waals surface area contributed by atoms with Gasteiger partial charge in [-0.25, -0.2) is 28.6 Å². The summed E-state index contributed by atoms with van der Waals surface area (Å²) in [4.78, 5) is 88.1. The van der Waals surface area contributed by atoms with Gasteiger partial charge in [-0.1, -0.05) is 59.2 Å². The van der Waals surface area contributed by atoms with Gasteiger partial charge in [0.1, 0.15) is 36.3 Å². The molecular formula is C30H52N7O17P3S. The molecule has 24 nitrogen and oxygen atoms in total. The molecule has 8 atom stereocenters. The van der Waals surface area contributed by atoms with Crippen LogP contribution >= 0.6 is 35.2 Å². The number of hydrogen-bond donors (Lipinski definition) is 9. The largest absolute Gasteiger partial charge is 0.481 e. The molecule has 1 aliphatic rings. The van der Waals surface area contributed by atoms with Gasteiger partial charge in [-0.2, -0.15) is 4.31 Å². The smallest absolute Gasteiger partial charge is 0.386 e. The van der Waals surface area contributed by atoms with Crippen LogP contribution < -0.4 is 16.4 Å². The molecule has 3 rings (SSSR count). The molecule has 0 saturated carbocycles. The number of imidazole rings is 1. The number of aliphatic hydroxyl groups is 2. The van der Waals surface area contributed by atoms with E-state index in [1.54, 1.807) is 0 Å². The first kappa shape index (κ1) is 49.9. The minimum Gasteiger partial charge on any atom is -0.386 e. The number of aromatic nitrogens is 4. The number of fused-ring (bicyclic) bond motifs is 1. The maximum Gasteiger partial charge on any atom is 0.481 e. The summed E-state index contributed by atoms with van der Waals surface area (Å²) < 4.78 is 62.2. The van der Waals surface area contributed by atoms with Crippen LogP contribution in [0.5, 0.6) is 0 Å². The standard InChI is InChI=1S/C30H52N7O17P3S/c1-17(2)7-6-8-18(3)29(42)58-12-11-32-20(38)9-10-33-27(41)24(40)30(4,5)14-51-57(48,49)54-56(46,47)50-13-19-23(53-55(43,44)45)22(39)28(52-19)37-16-36-21-25(31)34-15-35-26(21)37/h15-19,22-24,28,39-40H,6-14H2,1-5H3,(H,32,38)(H,33,41)(H,46,47)(H,48,49)(H2,31,34,35)(H2,43,44,45)/t18-,19+,22-,23-,24?,28+/m0/s1. The Hall–Kier alpha value is -2.44. The Kier molecular flexibility index (Phi) is 18.4. The number of hydrogen-bond acceptors (Lipinski definition) is 18. The van der Waals surface area contributed by atoms with Crippen LogP contribution in [-0.4, -0.2) is 123 Å². The third-order valence-electron chi connectivity index (χ3n) is 8.57. The van der Waals surface area contributed by atoms with E-state index in [0.29, 0.717) is 11.7 Å². The molecule has 3 heterocycles.